The SMILES string of the molecule is CCC(C)C(N)C(=O)NC(C)C(=O)NC(C(=O)NC(CCC(N)=O)C(=O)O)C(C)O. The average molecular weight is 431 g/mol. The summed E-state index contributed by atoms with van der Waals surface area (Å²) < 4.78 is 0. The summed E-state index contributed by atoms with van der Waals surface area (Å²) in [6.07, 6.45) is -1.23. The smallest absolute Gasteiger partial charge is 0.326 e. The third-order valence-corrected chi connectivity index (χ3v) is 4.67. The number of rotatable bonds is 13. The van der Waals surface area contributed by atoms with Crippen molar-refractivity contribution in [3.05, 3.63) is 0 Å². The third kappa shape index (κ3) is 9.18. The normalized spacial score (nSPS) is 16.9. The van der Waals surface area contributed by atoms with E-state index in [1.54, 1.807) is 6.92 Å². The summed E-state index contributed by atoms with van der Waals surface area (Å²) in [6, 6.07) is -4.81. The zero-order valence-corrected chi connectivity index (χ0v) is 17.7. The van der Waals surface area contributed by atoms with E-state index in [9.17, 15) is 29.1 Å². The predicted octanol–water partition coefficient (Wildman–Crippen LogP) is -2.43. The Hall–Kier alpha value is -2.73. The van der Waals surface area contributed by atoms with Gasteiger partial charge in [0, 0.05) is 6.42 Å². The number of hydrogen-bond acceptors (Lipinski definition) is 7. The fourth-order valence-corrected chi connectivity index (χ4v) is 2.38. The molecule has 0 rings (SSSR count). The molecule has 6 atom stereocenters. The van der Waals surface area contributed by atoms with Crippen molar-refractivity contribution in [2.75, 3.05) is 0 Å². The molecule has 0 aromatic heterocycles. The van der Waals surface area contributed by atoms with Crippen molar-refractivity contribution in [3.63, 3.8) is 0 Å². The van der Waals surface area contributed by atoms with Crippen LogP contribution < -0.4 is 27.4 Å². The minimum absolute atomic E-state index is 0.107. The van der Waals surface area contributed by atoms with Gasteiger partial charge in [0.2, 0.25) is 23.6 Å². The minimum Gasteiger partial charge on any atom is -0.480 e. The van der Waals surface area contributed by atoms with E-state index in [1.807, 2.05) is 6.92 Å². The number of nitrogens with two attached hydrogens (primary N) is 2. The number of aliphatic carboxylic acids is 1. The number of amides is 4. The molecule has 0 bridgehead atoms. The Kier molecular flexibility index (Phi) is 11.6. The van der Waals surface area contributed by atoms with Gasteiger partial charge in [0.25, 0.3) is 0 Å². The highest BCUT2D eigenvalue weighted by Crippen LogP contribution is 2.06. The van der Waals surface area contributed by atoms with E-state index in [2.05, 4.69) is 16.0 Å². The summed E-state index contributed by atoms with van der Waals surface area (Å²) in [5, 5.41) is 25.9. The molecule has 30 heavy (non-hydrogen) atoms. The number of carboxylic acids is 1. The summed E-state index contributed by atoms with van der Waals surface area (Å²) >= 11 is 0. The molecule has 0 aliphatic rings. The zero-order chi connectivity index (χ0) is 23.6. The van der Waals surface area contributed by atoms with Crippen LogP contribution in [0.3, 0.4) is 0 Å². The van der Waals surface area contributed by atoms with Crippen molar-refractivity contribution >= 4 is 29.6 Å². The minimum atomic E-state index is -1.49. The Bertz CT molecular complexity index is 640. The van der Waals surface area contributed by atoms with Crippen LogP contribution in [0.5, 0.6) is 0 Å². The maximum Gasteiger partial charge on any atom is 0.326 e. The lowest BCUT2D eigenvalue weighted by Gasteiger charge is -2.25. The van der Waals surface area contributed by atoms with Crippen molar-refractivity contribution in [1.82, 2.24) is 16.0 Å². The number of aliphatic hydroxyl groups excluding tert-OH is 1. The Labute approximate surface area is 175 Å². The summed E-state index contributed by atoms with van der Waals surface area (Å²) in [5.41, 5.74) is 10.8. The highest BCUT2D eigenvalue weighted by molar-refractivity contribution is 5.94. The van der Waals surface area contributed by atoms with Gasteiger partial charge in [-0.15, -0.1) is 0 Å². The van der Waals surface area contributed by atoms with Gasteiger partial charge < -0.3 is 37.6 Å². The first kappa shape index (κ1) is 27.3. The first-order valence-corrected chi connectivity index (χ1v) is 9.67. The lowest BCUT2D eigenvalue weighted by Crippen LogP contribution is -2.59. The fourth-order valence-electron chi connectivity index (χ4n) is 2.38. The fraction of sp³-hybridized carbons (Fsp3) is 0.722. The van der Waals surface area contributed by atoms with Crippen LogP contribution in [-0.4, -0.2) is 70.1 Å². The van der Waals surface area contributed by atoms with E-state index in [1.165, 1.54) is 13.8 Å². The predicted molar refractivity (Wildman–Crippen MR) is 107 cm³/mol. The monoisotopic (exact) mass is 431 g/mol. The van der Waals surface area contributed by atoms with Crippen LogP contribution >= 0.6 is 0 Å². The lowest BCUT2D eigenvalue weighted by molar-refractivity contribution is -0.143. The van der Waals surface area contributed by atoms with Crippen molar-refractivity contribution in [1.29, 1.82) is 0 Å². The molecular weight excluding hydrogens is 398 g/mol. The highest BCUT2D eigenvalue weighted by Gasteiger charge is 2.31. The maximum absolute atomic E-state index is 12.4. The molecule has 12 heteroatoms. The Morgan fingerprint density at radius 2 is 1.50 bits per heavy atom. The summed E-state index contributed by atoms with van der Waals surface area (Å²) in [5.74, 6) is -4.53. The molecule has 12 nitrogen and oxygen atoms in total. The van der Waals surface area contributed by atoms with Crippen LogP contribution in [0.4, 0.5) is 0 Å². The Morgan fingerprint density at radius 1 is 0.933 bits per heavy atom. The van der Waals surface area contributed by atoms with Crippen molar-refractivity contribution < 1.29 is 34.2 Å². The second kappa shape index (κ2) is 12.8. The number of nitrogens with one attached hydrogen (secondary N) is 3. The molecule has 0 heterocycles. The van der Waals surface area contributed by atoms with E-state index in [0.29, 0.717) is 6.42 Å². The Balaban J connectivity index is 5.06. The molecular formula is C18H33N5O7. The van der Waals surface area contributed by atoms with Gasteiger partial charge >= 0.3 is 5.97 Å². The van der Waals surface area contributed by atoms with Crippen LogP contribution in [0.2, 0.25) is 0 Å². The summed E-state index contributed by atoms with van der Waals surface area (Å²) in [4.78, 5) is 59.0. The number of carboxylic acid groups (broad SMARTS) is 1. The molecule has 0 fully saturated rings. The van der Waals surface area contributed by atoms with Crippen LogP contribution in [0.25, 0.3) is 0 Å². The van der Waals surface area contributed by atoms with E-state index in [4.69, 9.17) is 16.6 Å². The first-order valence-electron chi connectivity index (χ1n) is 9.67. The van der Waals surface area contributed by atoms with E-state index >= 15 is 0 Å². The second-order valence-corrected chi connectivity index (χ2v) is 7.27. The molecule has 4 amide bonds. The second-order valence-electron chi connectivity index (χ2n) is 7.27. The topological polar surface area (TPSA) is 214 Å². The summed E-state index contributed by atoms with van der Waals surface area (Å²) in [7, 11) is 0. The van der Waals surface area contributed by atoms with Gasteiger partial charge in [-0.05, 0) is 26.2 Å². The Morgan fingerprint density at radius 3 is 1.93 bits per heavy atom. The molecule has 9 N–H and O–H groups in total. The van der Waals surface area contributed by atoms with Gasteiger partial charge in [-0.1, -0.05) is 20.3 Å². The quantitative estimate of drug-likeness (QED) is 0.166. The van der Waals surface area contributed by atoms with Crippen LogP contribution in [0.15, 0.2) is 0 Å². The molecule has 6 unspecified atom stereocenters. The largest absolute Gasteiger partial charge is 0.480 e. The van der Waals surface area contributed by atoms with Gasteiger partial charge in [-0.3, -0.25) is 19.2 Å². The number of hydrogen-bond donors (Lipinski definition) is 7. The molecule has 0 aliphatic carbocycles. The van der Waals surface area contributed by atoms with Gasteiger partial charge in [0.15, 0.2) is 0 Å². The lowest BCUT2D eigenvalue weighted by atomic mass is 9.99. The van der Waals surface area contributed by atoms with E-state index < -0.39 is 59.9 Å². The molecule has 0 aromatic rings. The standard InChI is InChI=1S/C18H33N5O7/c1-5-8(2)13(20)16(27)21-9(3)15(26)23-14(10(4)24)17(28)22-11(18(29)30)6-7-12(19)25/h8-11,13-14,24H,5-7,20H2,1-4H3,(H2,19,25)(H,21,27)(H,22,28)(H,23,26)(H,29,30). The number of carbonyl (C=O) groups excluding carboxylic acids is 4. The number of aliphatic hydroxyl groups is 1. The van der Waals surface area contributed by atoms with Crippen LogP contribution in [-0.2, 0) is 24.0 Å². The van der Waals surface area contributed by atoms with E-state index in [0.717, 1.165) is 0 Å². The number of carbonyl (C=O) groups is 5. The highest BCUT2D eigenvalue weighted by atomic mass is 16.4. The van der Waals surface area contributed by atoms with Crippen molar-refractivity contribution in [2.24, 2.45) is 17.4 Å². The van der Waals surface area contributed by atoms with Gasteiger partial charge in [-0.2, -0.15) is 0 Å². The first-order chi connectivity index (χ1) is 13.8. The van der Waals surface area contributed by atoms with Gasteiger partial charge in [0.1, 0.15) is 18.1 Å². The van der Waals surface area contributed by atoms with Crippen LogP contribution in [0, 0.1) is 5.92 Å². The summed E-state index contributed by atoms with van der Waals surface area (Å²) in [6.45, 7) is 6.26. The van der Waals surface area contributed by atoms with Gasteiger partial charge in [0.05, 0.1) is 12.1 Å². The van der Waals surface area contributed by atoms with Crippen LogP contribution in [0.1, 0.15) is 47.0 Å². The molecule has 0 aliphatic heterocycles. The zero-order valence-electron chi connectivity index (χ0n) is 17.7. The molecule has 0 aromatic carbocycles. The molecule has 0 spiro atoms. The van der Waals surface area contributed by atoms with Crippen molar-refractivity contribution in [3.8, 4) is 0 Å². The number of primary amides is 1. The molecule has 0 saturated carbocycles. The average Bonchev–Trinajstić information content (AvgIpc) is 2.66. The van der Waals surface area contributed by atoms with Gasteiger partial charge in [-0.25, -0.2) is 4.79 Å². The van der Waals surface area contributed by atoms with Crippen molar-refractivity contribution in [2.45, 2.75) is 77.2 Å². The third-order valence-electron chi connectivity index (χ3n) is 4.67. The maximum atomic E-state index is 12.4. The van der Waals surface area contributed by atoms with E-state index in [-0.39, 0.29) is 18.8 Å². The molecule has 172 valence electrons. The molecule has 0 saturated heterocycles. The molecule has 0 radical (unpaired) electrons.